The maximum atomic E-state index is 9.47. The van der Waals surface area contributed by atoms with Crippen LogP contribution in [-0.2, 0) is 4.74 Å². The highest BCUT2D eigenvalue weighted by molar-refractivity contribution is 4.74. The van der Waals surface area contributed by atoms with Gasteiger partial charge in [0.1, 0.15) is 0 Å². The van der Waals surface area contributed by atoms with Gasteiger partial charge in [-0.05, 0) is 12.8 Å². The summed E-state index contributed by atoms with van der Waals surface area (Å²) < 4.78 is 4.82. The topological polar surface area (TPSA) is 29.5 Å². The molecule has 2 nitrogen and oxygen atoms in total. The Morgan fingerprint density at radius 3 is 2.11 bits per heavy atom. The van der Waals surface area contributed by atoms with Crippen molar-refractivity contribution < 1.29 is 9.84 Å². The van der Waals surface area contributed by atoms with Crippen molar-refractivity contribution in [2.75, 3.05) is 13.7 Å². The van der Waals surface area contributed by atoms with E-state index in [1.165, 1.54) is 0 Å². The molecule has 2 heteroatoms. The van der Waals surface area contributed by atoms with Crippen molar-refractivity contribution in [2.24, 2.45) is 5.92 Å². The van der Waals surface area contributed by atoms with Gasteiger partial charge in [0.05, 0.1) is 12.2 Å². The highest BCUT2D eigenvalue weighted by atomic mass is 16.5. The molecule has 0 aromatic heterocycles. The Morgan fingerprint density at radius 2 is 2.00 bits per heavy atom. The Hall–Kier alpha value is -0.0800. The van der Waals surface area contributed by atoms with Crippen LogP contribution in [0.25, 0.3) is 0 Å². The first kappa shape index (κ1) is 8.92. The first-order valence-corrected chi connectivity index (χ1v) is 3.22. The van der Waals surface area contributed by atoms with Gasteiger partial charge >= 0.3 is 0 Å². The van der Waals surface area contributed by atoms with E-state index in [0.717, 1.165) is 0 Å². The molecule has 0 aliphatic rings. The first-order valence-electron chi connectivity index (χ1n) is 3.22. The molecule has 1 atom stereocenters. The number of methoxy groups -OCH3 is 1. The minimum absolute atomic E-state index is 0.248. The van der Waals surface area contributed by atoms with Gasteiger partial charge < -0.3 is 9.84 Å². The molecule has 1 N–H and O–H groups in total. The second kappa shape index (κ2) is 3.18. The Labute approximate surface area is 56.8 Å². The van der Waals surface area contributed by atoms with Gasteiger partial charge in [-0.1, -0.05) is 13.8 Å². The van der Waals surface area contributed by atoms with Crippen molar-refractivity contribution in [3.63, 3.8) is 0 Å². The van der Waals surface area contributed by atoms with E-state index >= 15 is 0 Å². The molecule has 0 saturated heterocycles. The van der Waals surface area contributed by atoms with Crippen LogP contribution in [0.15, 0.2) is 0 Å². The monoisotopic (exact) mass is 132 g/mol. The smallest absolute Gasteiger partial charge is 0.0874 e. The van der Waals surface area contributed by atoms with Crippen LogP contribution >= 0.6 is 0 Å². The van der Waals surface area contributed by atoms with Crippen LogP contribution in [0.1, 0.15) is 20.8 Å². The van der Waals surface area contributed by atoms with Gasteiger partial charge in [0.2, 0.25) is 0 Å². The maximum absolute atomic E-state index is 9.47. The minimum atomic E-state index is -0.672. The van der Waals surface area contributed by atoms with Crippen LogP contribution in [0.3, 0.4) is 0 Å². The van der Waals surface area contributed by atoms with Gasteiger partial charge in [-0.25, -0.2) is 0 Å². The molecule has 0 fully saturated rings. The van der Waals surface area contributed by atoms with Crippen molar-refractivity contribution in [2.45, 2.75) is 26.4 Å². The van der Waals surface area contributed by atoms with Crippen LogP contribution in [-0.4, -0.2) is 24.4 Å². The summed E-state index contributed by atoms with van der Waals surface area (Å²) in [6.45, 7) is 6.13. The summed E-state index contributed by atoms with van der Waals surface area (Å²) in [6.07, 6.45) is 0. The van der Waals surface area contributed by atoms with E-state index in [9.17, 15) is 5.11 Å². The molecule has 0 unspecified atom stereocenters. The molecule has 0 radical (unpaired) electrons. The van der Waals surface area contributed by atoms with Gasteiger partial charge in [0.15, 0.2) is 0 Å². The zero-order valence-electron chi connectivity index (χ0n) is 6.64. The van der Waals surface area contributed by atoms with E-state index in [0.29, 0.717) is 6.61 Å². The molecule has 0 aromatic rings. The zero-order valence-corrected chi connectivity index (χ0v) is 6.64. The molecular formula is C7H16O2. The average molecular weight is 132 g/mol. The molecule has 56 valence electrons. The lowest BCUT2D eigenvalue weighted by Crippen LogP contribution is -2.35. The van der Waals surface area contributed by atoms with Gasteiger partial charge in [0, 0.05) is 7.11 Å². The second-order valence-electron chi connectivity index (χ2n) is 2.94. The van der Waals surface area contributed by atoms with E-state index < -0.39 is 5.60 Å². The summed E-state index contributed by atoms with van der Waals surface area (Å²) in [6, 6.07) is 0. The lowest BCUT2D eigenvalue weighted by atomic mass is 9.94. The third-order valence-electron chi connectivity index (χ3n) is 1.68. The molecule has 9 heavy (non-hydrogen) atoms. The number of hydrogen-bond donors (Lipinski definition) is 1. The van der Waals surface area contributed by atoms with Crippen LogP contribution in [0.5, 0.6) is 0 Å². The van der Waals surface area contributed by atoms with Crippen molar-refractivity contribution in [3.8, 4) is 0 Å². The van der Waals surface area contributed by atoms with E-state index in [1.807, 2.05) is 13.8 Å². The average Bonchev–Trinajstić information content (AvgIpc) is 1.65. The summed E-state index contributed by atoms with van der Waals surface area (Å²) in [4.78, 5) is 0. The molecular weight excluding hydrogens is 116 g/mol. The Balaban J connectivity index is 3.70. The Morgan fingerprint density at radius 1 is 1.56 bits per heavy atom. The summed E-state index contributed by atoms with van der Waals surface area (Å²) in [5, 5.41) is 9.47. The van der Waals surface area contributed by atoms with Crippen LogP contribution < -0.4 is 0 Å². The Kier molecular flexibility index (Phi) is 3.15. The molecule has 0 rings (SSSR count). The quantitative estimate of drug-likeness (QED) is 0.621. The lowest BCUT2D eigenvalue weighted by molar-refractivity contribution is -0.0495. The third-order valence-corrected chi connectivity index (χ3v) is 1.68. The lowest BCUT2D eigenvalue weighted by Gasteiger charge is -2.26. The fourth-order valence-corrected chi connectivity index (χ4v) is 0.459. The van der Waals surface area contributed by atoms with Crippen molar-refractivity contribution in [1.29, 1.82) is 0 Å². The highest BCUT2D eigenvalue weighted by Gasteiger charge is 2.23. The fraction of sp³-hybridized carbons (Fsp3) is 1.00. The minimum Gasteiger partial charge on any atom is -0.388 e. The summed E-state index contributed by atoms with van der Waals surface area (Å²) in [5.41, 5.74) is -0.672. The van der Waals surface area contributed by atoms with E-state index in [2.05, 4.69) is 0 Å². The van der Waals surface area contributed by atoms with E-state index in [-0.39, 0.29) is 5.92 Å². The normalized spacial score (nSPS) is 18.0. The highest BCUT2D eigenvalue weighted by Crippen LogP contribution is 2.15. The first-order chi connectivity index (χ1) is 4.00. The molecule has 0 saturated carbocycles. The van der Waals surface area contributed by atoms with E-state index in [1.54, 1.807) is 14.0 Å². The van der Waals surface area contributed by atoms with Crippen molar-refractivity contribution in [1.82, 2.24) is 0 Å². The van der Waals surface area contributed by atoms with E-state index in [4.69, 9.17) is 4.74 Å². The summed E-state index contributed by atoms with van der Waals surface area (Å²) in [5.74, 6) is 0.248. The number of ether oxygens (including phenoxy) is 1. The fourth-order valence-electron chi connectivity index (χ4n) is 0.459. The molecule has 0 bridgehead atoms. The molecule has 0 aliphatic heterocycles. The summed E-state index contributed by atoms with van der Waals surface area (Å²) in [7, 11) is 1.59. The number of aliphatic hydroxyl groups is 1. The van der Waals surface area contributed by atoms with Crippen LogP contribution in [0.2, 0.25) is 0 Å². The molecule has 0 amide bonds. The number of hydrogen-bond acceptors (Lipinski definition) is 2. The predicted octanol–water partition coefficient (Wildman–Crippen LogP) is 1.04. The number of rotatable bonds is 3. The van der Waals surface area contributed by atoms with Gasteiger partial charge in [-0.2, -0.15) is 0 Å². The molecule has 0 heterocycles. The van der Waals surface area contributed by atoms with Crippen LogP contribution in [0.4, 0.5) is 0 Å². The molecule has 0 aromatic carbocycles. The summed E-state index contributed by atoms with van der Waals surface area (Å²) >= 11 is 0. The van der Waals surface area contributed by atoms with Gasteiger partial charge in [-0.15, -0.1) is 0 Å². The predicted molar refractivity (Wildman–Crippen MR) is 37.3 cm³/mol. The zero-order chi connectivity index (χ0) is 7.49. The van der Waals surface area contributed by atoms with Crippen LogP contribution in [0, 0.1) is 5.92 Å². The van der Waals surface area contributed by atoms with Gasteiger partial charge in [-0.3, -0.25) is 0 Å². The third kappa shape index (κ3) is 2.82. The molecule has 0 aliphatic carbocycles. The SMILES string of the molecule is COC[C@@](C)(O)C(C)C. The standard InChI is InChI=1S/C7H16O2/c1-6(2)7(3,8)5-9-4/h6,8H,5H2,1-4H3/t7-/m1/s1. The second-order valence-corrected chi connectivity index (χ2v) is 2.94. The molecule has 0 spiro atoms. The maximum Gasteiger partial charge on any atom is 0.0874 e. The largest absolute Gasteiger partial charge is 0.388 e. The van der Waals surface area contributed by atoms with Gasteiger partial charge in [0.25, 0.3) is 0 Å². The van der Waals surface area contributed by atoms with Crippen molar-refractivity contribution in [3.05, 3.63) is 0 Å². The Bertz CT molecular complexity index is 77.0. The van der Waals surface area contributed by atoms with Crippen molar-refractivity contribution >= 4 is 0 Å².